The number of ether oxygens (including phenoxy) is 1. The average Bonchev–Trinajstić information content (AvgIpc) is 3.32. The molecule has 2 N–H and O–H groups in total. The summed E-state index contributed by atoms with van der Waals surface area (Å²) in [6.07, 6.45) is 4.46. The molecule has 0 atom stereocenters. The number of aromatic nitrogens is 1. The number of carbonyl (C=O) groups excluding carboxylic acids is 1. The predicted molar refractivity (Wildman–Crippen MR) is 117 cm³/mol. The van der Waals surface area contributed by atoms with E-state index in [9.17, 15) is 13.6 Å². The lowest BCUT2D eigenvalue weighted by atomic mass is 10.2. The lowest BCUT2D eigenvalue weighted by molar-refractivity contribution is 0.251. The third-order valence-corrected chi connectivity index (χ3v) is 6.34. The SMILES string of the molecule is O=C(NCCCCN1CCCC1)Nc1snc(OCc2c(F)cc(Br)cc2F)c1Cl. The first-order chi connectivity index (χ1) is 14.4. The number of nitrogens with zero attached hydrogens (tertiary/aromatic N) is 2. The molecule has 1 aliphatic rings. The lowest BCUT2D eigenvalue weighted by Gasteiger charge is -2.14. The molecule has 2 heterocycles. The van der Waals surface area contributed by atoms with Gasteiger partial charge in [-0.15, -0.1) is 0 Å². The van der Waals surface area contributed by atoms with Crippen molar-refractivity contribution in [3.63, 3.8) is 0 Å². The van der Waals surface area contributed by atoms with Gasteiger partial charge in [0.1, 0.15) is 28.3 Å². The number of amides is 2. The number of nitrogens with one attached hydrogen (secondary N) is 2. The Morgan fingerprint density at radius 1 is 1.27 bits per heavy atom. The minimum absolute atomic E-state index is 0.00398. The Labute approximate surface area is 191 Å². The first-order valence-electron chi connectivity index (χ1n) is 9.62. The van der Waals surface area contributed by atoms with Crippen LogP contribution in [0.4, 0.5) is 18.6 Å². The van der Waals surface area contributed by atoms with E-state index in [-0.39, 0.29) is 23.1 Å². The molecule has 0 bridgehead atoms. The third-order valence-electron chi connectivity index (χ3n) is 4.68. The molecule has 11 heteroatoms. The van der Waals surface area contributed by atoms with Gasteiger partial charge in [-0.05, 0) is 69.0 Å². The Balaban J connectivity index is 1.42. The normalized spacial score (nSPS) is 14.1. The highest BCUT2D eigenvalue weighted by molar-refractivity contribution is 9.10. The number of unbranched alkanes of at least 4 members (excludes halogenated alkanes) is 1. The largest absolute Gasteiger partial charge is 0.471 e. The van der Waals surface area contributed by atoms with Gasteiger partial charge in [0.15, 0.2) is 0 Å². The van der Waals surface area contributed by atoms with Gasteiger partial charge in [0.25, 0.3) is 0 Å². The number of halogens is 4. The van der Waals surface area contributed by atoms with E-state index in [1.54, 1.807) is 0 Å². The van der Waals surface area contributed by atoms with Crippen LogP contribution in [0.2, 0.25) is 5.02 Å². The summed E-state index contributed by atoms with van der Waals surface area (Å²) in [6.45, 7) is 3.58. The van der Waals surface area contributed by atoms with Gasteiger partial charge < -0.3 is 15.0 Å². The minimum Gasteiger partial charge on any atom is -0.471 e. The van der Waals surface area contributed by atoms with E-state index < -0.39 is 17.7 Å². The van der Waals surface area contributed by atoms with E-state index in [0.717, 1.165) is 43.1 Å². The number of urea groups is 1. The second kappa shape index (κ2) is 11.2. The summed E-state index contributed by atoms with van der Waals surface area (Å²) in [5.74, 6) is -1.48. The Kier molecular flexibility index (Phi) is 8.67. The van der Waals surface area contributed by atoms with Crippen LogP contribution in [0.3, 0.4) is 0 Å². The van der Waals surface area contributed by atoms with Gasteiger partial charge in [-0.1, -0.05) is 27.5 Å². The van der Waals surface area contributed by atoms with Gasteiger partial charge in [-0.2, -0.15) is 4.37 Å². The fourth-order valence-electron chi connectivity index (χ4n) is 3.10. The highest BCUT2D eigenvalue weighted by Gasteiger charge is 2.18. The maximum atomic E-state index is 13.9. The predicted octanol–water partition coefficient (Wildman–Crippen LogP) is 5.41. The summed E-state index contributed by atoms with van der Waals surface area (Å²) >= 11 is 10.1. The number of hydrogen-bond acceptors (Lipinski definition) is 5. The van der Waals surface area contributed by atoms with E-state index in [1.165, 1.54) is 25.9 Å². The fourth-order valence-corrected chi connectivity index (χ4v) is 4.42. The first kappa shape index (κ1) is 23.2. The number of hydrogen-bond donors (Lipinski definition) is 2. The molecule has 6 nitrogen and oxygen atoms in total. The zero-order chi connectivity index (χ0) is 21.5. The van der Waals surface area contributed by atoms with Gasteiger partial charge in [0, 0.05) is 11.0 Å². The average molecular weight is 524 g/mol. The molecule has 0 aliphatic carbocycles. The number of benzene rings is 1. The molecule has 2 amide bonds. The van der Waals surface area contributed by atoms with Crippen LogP contribution in [0.25, 0.3) is 0 Å². The van der Waals surface area contributed by atoms with E-state index in [0.29, 0.717) is 16.0 Å². The Morgan fingerprint density at radius 3 is 2.67 bits per heavy atom. The molecule has 0 spiro atoms. The summed E-state index contributed by atoms with van der Waals surface area (Å²) < 4.78 is 37.4. The van der Waals surface area contributed by atoms with Crippen LogP contribution in [0.5, 0.6) is 5.88 Å². The zero-order valence-corrected chi connectivity index (χ0v) is 19.3. The van der Waals surface area contributed by atoms with Crippen LogP contribution in [0, 0.1) is 11.6 Å². The molecule has 0 unspecified atom stereocenters. The summed E-state index contributed by atoms with van der Waals surface area (Å²) in [5.41, 5.74) is -0.233. The molecule has 1 aromatic heterocycles. The molecule has 1 aromatic carbocycles. The van der Waals surface area contributed by atoms with E-state index in [4.69, 9.17) is 16.3 Å². The van der Waals surface area contributed by atoms with Crippen LogP contribution in [0.1, 0.15) is 31.2 Å². The molecule has 0 saturated carbocycles. The van der Waals surface area contributed by atoms with Crippen molar-refractivity contribution in [2.75, 3.05) is 31.5 Å². The molecule has 164 valence electrons. The van der Waals surface area contributed by atoms with Crippen LogP contribution in [-0.4, -0.2) is 41.5 Å². The van der Waals surface area contributed by atoms with Gasteiger partial charge in [-0.25, -0.2) is 13.6 Å². The third kappa shape index (κ3) is 6.50. The van der Waals surface area contributed by atoms with E-state index in [2.05, 4.69) is 35.8 Å². The van der Waals surface area contributed by atoms with E-state index in [1.807, 2.05) is 0 Å². The van der Waals surface area contributed by atoms with E-state index >= 15 is 0 Å². The standard InChI is InChI=1S/C19H22BrClF2N4O2S/c20-12-9-14(22)13(15(23)10-12)11-29-17-16(21)18(30-26-17)25-19(28)24-5-1-2-6-27-7-3-4-8-27/h9-10H,1-8,11H2,(H2,24,25,28). The first-order valence-corrected chi connectivity index (χ1v) is 11.6. The number of likely N-dealkylation sites (tertiary alicyclic amines) is 1. The highest BCUT2D eigenvalue weighted by Crippen LogP contribution is 2.36. The molecular weight excluding hydrogens is 502 g/mol. The molecular formula is C19H22BrClF2N4O2S. The maximum absolute atomic E-state index is 13.9. The van der Waals surface area contributed by atoms with Crippen molar-refractivity contribution in [1.29, 1.82) is 0 Å². The van der Waals surface area contributed by atoms with Gasteiger partial charge in [0.2, 0.25) is 5.88 Å². The van der Waals surface area contributed by atoms with Crippen LogP contribution < -0.4 is 15.4 Å². The zero-order valence-electron chi connectivity index (χ0n) is 16.1. The summed E-state index contributed by atoms with van der Waals surface area (Å²) in [7, 11) is 0. The second-order valence-corrected chi connectivity index (χ2v) is 8.97. The Hall–Kier alpha value is -1.49. The number of rotatable bonds is 9. The fraction of sp³-hybridized carbons (Fsp3) is 0.474. The molecule has 1 fully saturated rings. The molecule has 1 saturated heterocycles. The molecule has 3 rings (SSSR count). The van der Waals surface area contributed by atoms with Crippen LogP contribution in [0.15, 0.2) is 16.6 Å². The van der Waals surface area contributed by atoms with Crippen molar-refractivity contribution in [3.8, 4) is 5.88 Å². The van der Waals surface area contributed by atoms with Gasteiger partial charge in [0.05, 0.1) is 5.56 Å². The van der Waals surface area contributed by atoms with Crippen molar-refractivity contribution in [2.24, 2.45) is 0 Å². The maximum Gasteiger partial charge on any atom is 0.319 e. The second-order valence-electron chi connectivity index (χ2n) is 6.90. The molecule has 0 radical (unpaired) electrons. The molecule has 30 heavy (non-hydrogen) atoms. The van der Waals surface area contributed by atoms with Crippen molar-refractivity contribution >= 4 is 50.1 Å². The monoisotopic (exact) mass is 522 g/mol. The van der Waals surface area contributed by atoms with Crippen LogP contribution in [-0.2, 0) is 6.61 Å². The number of anilines is 1. The van der Waals surface area contributed by atoms with Crippen molar-refractivity contribution < 1.29 is 18.3 Å². The highest BCUT2D eigenvalue weighted by atomic mass is 79.9. The topological polar surface area (TPSA) is 66.5 Å². The van der Waals surface area contributed by atoms with Gasteiger partial charge >= 0.3 is 6.03 Å². The lowest BCUT2D eigenvalue weighted by Crippen LogP contribution is -2.30. The summed E-state index contributed by atoms with van der Waals surface area (Å²) in [6, 6.07) is 1.90. The van der Waals surface area contributed by atoms with Gasteiger partial charge in [-0.3, -0.25) is 5.32 Å². The Morgan fingerprint density at radius 2 is 1.97 bits per heavy atom. The Bertz CT molecular complexity index is 857. The minimum atomic E-state index is -0.740. The smallest absolute Gasteiger partial charge is 0.319 e. The quantitative estimate of drug-likeness (QED) is 0.431. The summed E-state index contributed by atoms with van der Waals surface area (Å²) in [5, 5.41) is 5.79. The molecule has 1 aliphatic heterocycles. The summed E-state index contributed by atoms with van der Waals surface area (Å²) in [4.78, 5) is 14.5. The van der Waals surface area contributed by atoms with Crippen molar-refractivity contribution in [1.82, 2.24) is 14.6 Å². The number of carbonyl (C=O) groups is 1. The van der Waals surface area contributed by atoms with Crippen LogP contribution >= 0.6 is 39.1 Å². The van der Waals surface area contributed by atoms with Crippen molar-refractivity contribution in [2.45, 2.75) is 32.3 Å². The molecule has 2 aromatic rings. The van der Waals surface area contributed by atoms with Crippen molar-refractivity contribution in [3.05, 3.63) is 38.8 Å².